The summed E-state index contributed by atoms with van der Waals surface area (Å²) in [4.78, 5) is 39.1. The second kappa shape index (κ2) is 10.3. The summed E-state index contributed by atoms with van der Waals surface area (Å²) in [5, 5.41) is 2.26. The number of hydrogen-bond donors (Lipinski definition) is 1. The molecule has 1 aliphatic heterocycles. The maximum Gasteiger partial charge on any atom is 0.335 e. The van der Waals surface area contributed by atoms with Crippen LogP contribution in [0.5, 0.6) is 11.5 Å². The summed E-state index contributed by atoms with van der Waals surface area (Å²) in [6.45, 7) is 4.81. The van der Waals surface area contributed by atoms with Crippen LogP contribution in [0.3, 0.4) is 0 Å². The Kier molecular flexibility index (Phi) is 7.01. The molecule has 0 bridgehead atoms. The largest absolute Gasteiger partial charge is 0.493 e. The summed E-state index contributed by atoms with van der Waals surface area (Å²) in [5.41, 5.74) is 3.06. The Morgan fingerprint density at radius 3 is 2.49 bits per heavy atom. The van der Waals surface area contributed by atoms with Gasteiger partial charge in [0.15, 0.2) is 11.5 Å². The number of carbonyl (C=O) groups is 3. The van der Waals surface area contributed by atoms with Gasteiger partial charge in [0.25, 0.3) is 11.8 Å². The molecule has 1 N–H and O–H groups in total. The molecule has 180 valence electrons. The zero-order chi connectivity index (χ0) is 24.9. The number of aryl methyl sites for hydroxylation is 2. The van der Waals surface area contributed by atoms with Crippen molar-refractivity contribution in [3.8, 4) is 11.5 Å². The Bertz CT molecular complexity index is 1290. The summed E-state index contributed by atoms with van der Waals surface area (Å²) in [5.74, 6) is -0.109. The average Bonchev–Trinajstić information content (AvgIpc) is 3.29. The molecule has 0 unspecified atom stereocenters. The monoisotopic (exact) mass is 473 g/mol. The molecule has 8 nitrogen and oxygen atoms in total. The van der Waals surface area contributed by atoms with Crippen molar-refractivity contribution in [3.63, 3.8) is 0 Å². The van der Waals surface area contributed by atoms with Gasteiger partial charge in [-0.2, -0.15) is 0 Å². The fourth-order valence-corrected chi connectivity index (χ4v) is 3.83. The molecular formula is C27H27N3O5. The molecule has 2 heterocycles. The lowest BCUT2D eigenvalue weighted by Gasteiger charge is -2.26. The SMILES string of the molecule is CCc1ccc(N2C(=O)NC(=O)/C(=C\c3cccn3CCOc3ccc(C)cc3OC)C2=O)cc1. The van der Waals surface area contributed by atoms with Gasteiger partial charge in [-0.15, -0.1) is 0 Å². The summed E-state index contributed by atoms with van der Waals surface area (Å²) in [6.07, 6.45) is 4.16. The highest BCUT2D eigenvalue weighted by atomic mass is 16.5. The van der Waals surface area contributed by atoms with Gasteiger partial charge in [-0.3, -0.25) is 14.9 Å². The molecule has 3 aromatic rings. The van der Waals surface area contributed by atoms with Crippen LogP contribution in [0.2, 0.25) is 0 Å². The molecular weight excluding hydrogens is 446 g/mol. The van der Waals surface area contributed by atoms with Crippen molar-refractivity contribution >= 4 is 29.6 Å². The van der Waals surface area contributed by atoms with Crippen LogP contribution >= 0.6 is 0 Å². The van der Waals surface area contributed by atoms with E-state index in [0.717, 1.165) is 22.4 Å². The van der Waals surface area contributed by atoms with E-state index < -0.39 is 17.8 Å². The topological polar surface area (TPSA) is 89.9 Å². The number of aromatic nitrogens is 1. The number of amides is 4. The summed E-state index contributed by atoms with van der Waals surface area (Å²) in [7, 11) is 1.59. The Hall–Kier alpha value is -4.33. The number of benzene rings is 2. The smallest absolute Gasteiger partial charge is 0.335 e. The molecule has 4 amide bonds. The summed E-state index contributed by atoms with van der Waals surface area (Å²) in [6, 6.07) is 15.6. The van der Waals surface area contributed by atoms with E-state index in [-0.39, 0.29) is 5.57 Å². The van der Waals surface area contributed by atoms with Gasteiger partial charge in [-0.05, 0) is 66.9 Å². The van der Waals surface area contributed by atoms with Crippen LogP contribution in [0.1, 0.15) is 23.7 Å². The van der Waals surface area contributed by atoms with E-state index in [1.165, 1.54) is 6.08 Å². The second-order valence-corrected chi connectivity index (χ2v) is 8.11. The van der Waals surface area contributed by atoms with Gasteiger partial charge in [0.05, 0.1) is 19.3 Å². The highest BCUT2D eigenvalue weighted by Gasteiger charge is 2.36. The van der Waals surface area contributed by atoms with Crippen LogP contribution < -0.4 is 19.7 Å². The van der Waals surface area contributed by atoms with Gasteiger partial charge >= 0.3 is 6.03 Å². The van der Waals surface area contributed by atoms with Crippen molar-refractivity contribution in [2.75, 3.05) is 18.6 Å². The van der Waals surface area contributed by atoms with Gasteiger partial charge in [-0.25, -0.2) is 9.69 Å². The lowest BCUT2D eigenvalue weighted by molar-refractivity contribution is -0.122. The second-order valence-electron chi connectivity index (χ2n) is 8.11. The average molecular weight is 474 g/mol. The Morgan fingerprint density at radius 2 is 1.77 bits per heavy atom. The van der Waals surface area contributed by atoms with E-state index in [4.69, 9.17) is 9.47 Å². The zero-order valence-electron chi connectivity index (χ0n) is 19.9. The highest BCUT2D eigenvalue weighted by molar-refractivity contribution is 6.39. The van der Waals surface area contributed by atoms with Crippen LogP contribution in [-0.2, 0) is 22.6 Å². The fraction of sp³-hybridized carbons (Fsp3) is 0.222. The quantitative estimate of drug-likeness (QED) is 0.393. The first kappa shape index (κ1) is 23.8. The minimum Gasteiger partial charge on any atom is -0.493 e. The third kappa shape index (κ3) is 5.11. The summed E-state index contributed by atoms with van der Waals surface area (Å²) >= 11 is 0. The molecule has 4 rings (SSSR count). The number of hydrogen-bond acceptors (Lipinski definition) is 5. The maximum absolute atomic E-state index is 13.2. The highest BCUT2D eigenvalue weighted by Crippen LogP contribution is 2.28. The molecule has 0 saturated carbocycles. The number of urea groups is 1. The van der Waals surface area contributed by atoms with Gasteiger partial charge in [0, 0.05) is 11.9 Å². The number of nitrogens with zero attached hydrogens (tertiary/aromatic N) is 2. The van der Waals surface area contributed by atoms with E-state index in [2.05, 4.69) is 5.32 Å². The van der Waals surface area contributed by atoms with Crippen LogP contribution in [0, 0.1) is 6.92 Å². The molecule has 2 aromatic carbocycles. The molecule has 35 heavy (non-hydrogen) atoms. The number of rotatable bonds is 8. The van der Waals surface area contributed by atoms with Crippen LogP contribution in [-0.4, -0.2) is 36.1 Å². The van der Waals surface area contributed by atoms with Crippen LogP contribution in [0.25, 0.3) is 6.08 Å². The number of ether oxygens (including phenoxy) is 2. The first-order valence-corrected chi connectivity index (χ1v) is 11.3. The number of imide groups is 2. The van der Waals surface area contributed by atoms with Gasteiger partial charge < -0.3 is 14.0 Å². The van der Waals surface area contributed by atoms with E-state index in [9.17, 15) is 14.4 Å². The first-order valence-electron chi connectivity index (χ1n) is 11.3. The van der Waals surface area contributed by atoms with Crippen molar-refractivity contribution < 1.29 is 23.9 Å². The molecule has 0 aliphatic carbocycles. The predicted molar refractivity (Wildman–Crippen MR) is 132 cm³/mol. The third-order valence-electron chi connectivity index (χ3n) is 5.77. The Morgan fingerprint density at radius 1 is 1.00 bits per heavy atom. The third-order valence-corrected chi connectivity index (χ3v) is 5.77. The number of barbiturate groups is 1. The Labute approximate surface area is 203 Å². The van der Waals surface area contributed by atoms with E-state index >= 15 is 0 Å². The number of nitrogens with one attached hydrogen (secondary N) is 1. The lowest BCUT2D eigenvalue weighted by atomic mass is 10.1. The van der Waals surface area contributed by atoms with Gasteiger partial charge in [0.1, 0.15) is 12.2 Å². The van der Waals surface area contributed by atoms with Crippen molar-refractivity contribution in [1.29, 1.82) is 0 Å². The van der Waals surface area contributed by atoms with Crippen molar-refractivity contribution in [2.45, 2.75) is 26.8 Å². The molecule has 0 atom stereocenters. The van der Waals surface area contributed by atoms with Crippen molar-refractivity contribution in [3.05, 3.63) is 83.2 Å². The summed E-state index contributed by atoms with van der Waals surface area (Å²) < 4.78 is 13.1. The van der Waals surface area contributed by atoms with Gasteiger partial charge in [0.2, 0.25) is 0 Å². The molecule has 1 fully saturated rings. The van der Waals surface area contributed by atoms with Crippen molar-refractivity contribution in [1.82, 2.24) is 9.88 Å². The predicted octanol–water partition coefficient (Wildman–Crippen LogP) is 4.11. The van der Waals surface area contributed by atoms with Crippen molar-refractivity contribution in [2.24, 2.45) is 0 Å². The number of carbonyl (C=O) groups excluding carboxylic acids is 3. The first-order chi connectivity index (χ1) is 16.9. The Balaban J connectivity index is 1.52. The van der Waals surface area contributed by atoms with Gasteiger partial charge in [-0.1, -0.05) is 25.1 Å². The van der Waals surface area contributed by atoms with Crippen LogP contribution in [0.15, 0.2) is 66.4 Å². The van der Waals surface area contributed by atoms with Crippen LogP contribution in [0.4, 0.5) is 10.5 Å². The van der Waals surface area contributed by atoms with E-state index in [1.807, 2.05) is 61.0 Å². The molecule has 1 aromatic heterocycles. The molecule has 0 radical (unpaired) electrons. The molecule has 8 heteroatoms. The fourth-order valence-electron chi connectivity index (χ4n) is 3.83. The minimum absolute atomic E-state index is 0.120. The van der Waals surface area contributed by atoms with E-state index in [0.29, 0.717) is 36.0 Å². The standard InChI is InChI=1S/C27H27N3O5/c1-4-19-8-10-20(11-9-19)30-26(32)22(25(31)28-27(30)33)17-21-6-5-13-29(21)14-15-35-23-12-7-18(2)16-24(23)34-3/h5-13,16-17H,4,14-15H2,1-3H3,(H,28,31,33)/b22-17+. The molecule has 1 saturated heterocycles. The van der Waals surface area contributed by atoms with E-state index in [1.54, 1.807) is 25.3 Å². The minimum atomic E-state index is -0.766. The normalized spacial score (nSPS) is 14.9. The molecule has 0 spiro atoms. The zero-order valence-corrected chi connectivity index (χ0v) is 19.9. The number of anilines is 1. The number of methoxy groups -OCH3 is 1. The lowest BCUT2D eigenvalue weighted by Crippen LogP contribution is -2.54. The maximum atomic E-state index is 13.2. The molecule has 1 aliphatic rings.